The van der Waals surface area contributed by atoms with Crippen molar-refractivity contribution in [1.29, 1.82) is 0 Å². The fourth-order valence-corrected chi connectivity index (χ4v) is 2.92. The molecule has 7 nitrogen and oxygen atoms in total. The molecule has 0 aliphatic carbocycles. The van der Waals surface area contributed by atoms with Crippen LogP contribution in [0.25, 0.3) is 0 Å². The summed E-state index contributed by atoms with van der Waals surface area (Å²) in [4.78, 5) is 23.0. The Morgan fingerprint density at radius 1 is 1.19 bits per heavy atom. The molecule has 2 heterocycles. The van der Waals surface area contributed by atoms with E-state index in [0.717, 1.165) is 37.4 Å². The largest absolute Gasteiger partial charge is 0.474 e. The molecule has 0 spiro atoms. The van der Waals surface area contributed by atoms with Crippen molar-refractivity contribution in [2.45, 2.75) is 38.8 Å². The van der Waals surface area contributed by atoms with Gasteiger partial charge in [-0.25, -0.2) is 4.79 Å². The van der Waals surface area contributed by atoms with Gasteiger partial charge in [-0.2, -0.15) is 4.98 Å². The molecule has 1 aliphatic heterocycles. The number of aromatic nitrogens is 2. The topological polar surface area (TPSA) is 79.4 Å². The first-order valence-corrected chi connectivity index (χ1v) is 8.96. The van der Waals surface area contributed by atoms with Gasteiger partial charge in [0.1, 0.15) is 0 Å². The maximum absolute atomic E-state index is 12.1. The monoisotopic (exact) mass is 355 g/mol. The van der Waals surface area contributed by atoms with Crippen molar-refractivity contribution >= 4 is 17.5 Å². The fraction of sp³-hybridized carbons (Fsp3) is 0.421. The normalized spacial score (nSPS) is 15.0. The molecule has 1 aromatic heterocycles. The zero-order valence-electron chi connectivity index (χ0n) is 15.2. The van der Waals surface area contributed by atoms with Crippen LogP contribution in [0.5, 0.6) is 5.88 Å². The van der Waals surface area contributed by atoms with Gasteiger partial charge >= 0.3 is 6.03 Å². The molecule has 0 unspecified atom stereocenters. The maximum atomic E-state index is 12.1. The second kappa shape index (κ2) is 8.51. The van der Waals surface area contributed by atoms with E-state index in [1.165, 1.54) is 0 Å². The van der Waals surface area contributed by atoms with E-state index in [4.69, 9.17) is 4.74 Å². The predicted octanol–water partition coefficient (Wildman–Crippen LogP) is 3.05. The van der Waals surface area contributed by atoms with Crippen molar-refractivity contribution < 1.29 is 9.53 Å². The van der Waals surface area contributed by atoms with Gasteiger partial charge in [-0.05, 0) is 38.8 Å². The quantitative estimate of drug-likeness (QED) is 0.862. The van der Waals surface area contributed by atoms with Crippen molar-refractivity contribution in [2.24, 2.45) is 0 Å². The van der Waals surface area contributed by atoms with Gasteiger partial charge in [-0.15, -0.1) is 0 Å². The minimum absolute atomic E-state index is 0.0672. The molecule has 0 saturated carbocycles. The standard InChI is InChI=1S/C19H25N5O2/c1-14(2)26-18-13-20-12-17(23-18)24-10-8-16(9-11-24)22-19(25)21-15-6-4-3-5-7-15/h3-7,12-14,16H,8-11H2,1-2H3,(H2,21,22,25). The number of carbonyl (C=O) groups is 1. The van der Waals surface area contributed by atoms with Crippen LogP contribution in [0.3, 0.4) is 0 Å². The molecule has 7 heteroatoms. The zero-order chi connectivity index (χ0) is 18.4. The van der Waals surface area contributed by atoms with E-state index in [1.54, 1.807) is 12.4 Å². The molecule has 1 saturated heterocycles. The number of rotatable bonds is 5. The van der Waals surface area contributed by atoms with Crippen LogP contribution in [-0.2, 0) is 0 Å². The van der Waals surface area contributed by atoms with Crippen LogP contribution >= 0.6 is 0 Å². The van der Waals surface area contributed by atoms with Crippen LogP contribution in [0.1, 0.15) is 26.7 Å². The van der Waals surface area contributed by atoms with Crippen molar-refractivity contribution in [2.75, 3.05) is 23.3 Å². The summed E-state index contributed by atoms with van der Waals surface area (Å²) in [5.74, 6) is 1.36. The average molecular weight is 355 g/mol. The summed E-state index contributed by atoms with van der Waals surface area (Å²) in [6, 6.07) is 9.43. The van der Waals surface area contributed by atoms with Gasteiger partial charge in [-0.1, -0.05) is 18.2 Å². The van der Waals surface area contributed by atoms with E-state index < -0.39 is 0 Å². The van der Waals surface area contributed by atoms with Crippen LogP contribution in [-0.4, -0.2) is 41.2 Å². The zero-order valence-corrected chi connectivity index (χ0v) is 15.2. The summed E-state index contributed by atoms with van der Waals surface area (Å²) in [5, 5.41) is 5.89. The van der Waals surface area contributed by atoms with Crippen LogP contribution in [0.2, 0.25) is 0 Å². The highest BCUT2D eigenvalue weighted by atomic mass is 16.5. The first-order valence-electron chi connectivity index (χ1n) is 8.96. The summed E-state index contributed by atoms with van der Waals surface area (Å²) in [5.41, 5.74) is 0.791. The van der Waals surface area contributed by atoms with E-state index in [1.807, 2.05) is 44.2 Å². The highest BCUT2D eigenvalue weighted by Crippen LogP contribution is 2.20. The second-order valence-electron chi connectivity index (χ2n) is 6.61. The summed E-state index contributed by atoms with van der Waals surface area (Å²) >= 11 is 0. The fourth-order valence-electron chi connectivity index (χ4n) is 2.92. The van der Waals surface area contributed by atoms with Gasteiger partial charge in [0.2, 0.25) is 5.88 Å². The Bertz CT molecular complexity index is 715. The summed E-state index contributed by atoms with van der Waals surface area (Å²) in [6.07, 6.45) is 5.17. The number of amides is 2. The third kappa shape index (κ3) is 5.08. The lowest BCUT2D eigenvalue weighted by molar-refractivity contribution is 0.231. The summed E-state index contributed by atoms with van der Waals surface area (Å²) in [6.45, 7) is 5.56. The minimum Gasteiger partial charge on any atom is -0.474 e. The van der Waals surface area contributed by atoms with Gasteiger partial charge in [0.15, 0.2) is 5.82 Å². The van der Waals surface area contributed by atoms with Gasteiger partial charge in [-0.3, -0.25) is 4.98 Å². The van der Waals surface area contributed by atoms with Crippen molar-refractivity contribution in [3.8, 4) is 5.88 Å². The van der Waals surface area contributed by atoms with Gasteiger partial charge in [0.25, 0.3) is 0 Å². The molecule has 2 aromatic rings. The molecule has 1 fully saturated rings. The first-order chi connectivity index (χ1) is 12.6. The molecule has 2 N–H and O–H groups in total. The minimum atomic E-state index is -0.165. The Morgan fingerprint density at radius 2 is 1.92 bits per heavy atom. The van der Waals surface area contributed by atoms with Crippen molar-refractivity contribution in [3.05, 3.63) is 42.7 Å². The number of benzene rings is 1. The van der Waals surface area contributed by atoms with E-state index in [2.05, 4.69) is 25.5 Å². The lowest BCUT2D eigenvalue weighted by atomic mass is 10.1. The molecule has 0 bridgehead atoms. The highest BCUT2D eigenvalue weighted by molar-refractivity contribution is 5.89. The smallest absolute Gasteiger partial charge is 0.319 e. The Balaban J connectivity index is 1.49. The number of ether oxygens (including phenoxy) is 1. The van der Waals surface area contributed by atoms with Crippen molar-refractivity contribution in [3.63, 3.8) is 0 Å². The van der Waals surface area contributed by atoms with E-state index >= 15 is 0 Å². The molecule has 1 aliphatic rings. The number of hydrogen-bond donors (Lipinski definition) is 2. The predicted molar refractivity (Wildman–Crippen MR) is 102 cm³/mol. The van der Waals surface area contributed by atoms with Crippen LogP contribution in [0.4, 0.5) is 16.3 Å². The number of carbonyl (C=O) groups excluding carboxylic acids is 1. The number of nitrogens with one attached hydrogen (secondary N) is 2. The molecule has 0 atom stereocenters. The molecule has 3 rings (SSSR count). The Kier molecular flexibility index (Phi) is 5.88. The molecule has 2 amide bonds. The number of hydrogen-bond acceptors (Lipinski definition) is 5. The van der Waals surface area contributed by atoms with Crippen LogP contribution in [0, 0.1) is 0 Å². The first kappa shape index (κ1) is 18.0. The lowest BCUT2D eigenvalue weighted by Gasteiger charge is -2.33. The summed E-state index contributed by atoms with van der Waals surface area (Å²) < 4.78 is 5.61. The molecule has 26 heavy (non-hydrogen) atoms. The third-order valence-electron chi connectivity index (χ3n) is 4.14. The maximum Gasteiger partial charge on any atom is 0.319 e. The van der Waals surface area contributed by atoms with Gasteiger partial charge < -0.3 is 20.3 Å². The van der Waals surface area contributed by atoms with E-state index in [-0.39, 0.29) is 18.2 Å². The number of anilines is 2. The Labute approximate surface area is 153 Å². The SMILES string of the molecule is CC(C)Oc1cncc(N2CCC(NC(=O)Nc3ccccc3)CC2)n1. The average Bonchev–Trinajstić information content (AvgIpc) is 2.63. The molecule has 0 radical (unpaired) electrons. The summed E-state index contributed by atoms with van der Waals surface area (Å²) in [7, 11) is 0. The van der Waals surface area contributed by atoms with Crippen LogP contribution in [0.15, 0.2) is 42.7 Å². The number of piperidine rings is 1. The lowest BCUT2D eigenvalue weighted by Crippen LogP contribution is -2.46. The molecular formula is C19H25N5O2. The van der Waals surface area contributed by atoms with Crippen LogP contribution < -0.4 is 20.3 Å². The third-order valence-corrected chi connectivity index (χ3v) is 4.14. The van der Waals surface area contributed by atoms with Gasteiger partial charge in [0.05, 0.1) is 18.5 Å². The number of nitrogens with zero attached hydrogens (tertiary/aromatic N) is 3. The number of urea groups is 1. The van der Waals surface area contributed by atoms with E-state index in [9.17, 15) is 4.79 Å². The Hall–Kier alpha value is -2.83. The number of para-hydroxylation sites is 1. The molecule has 1 aromatic carbocycles. The highest BCUT2D eigenvalue weighted by Gasteiger charge is 2.22. The molecular weight excluding hydrogens is 330 g/mol. The Morgan fingerprint density at radius 3 is 2.62 bits per heavy atom. The van der Waals surface area contributed by atoms with Gasteiger partial charge in [0, 0.05) is 24.8 Å². The van der Waals surface area contributed by atoms with E-state index in [0.29, 0.717) is 5.88 Å². The van der Waals surface area contributed by atoms with Crippen molar-refractivity contribution in [1.82, 2.24) is 15.3 Å². The molecule has 138 valence electrons. The second-order valence-corrected chi connectivity index (χ2v) is 6.61.